The number of amides is 2. The molecule has 6 nitrogen and oxygen atoms in total. The van der Waals surface area contributed by atoms with Crippen LogP contribution < -0.4 is 10.2 Å². The predicted octanol–water partition coefficient (Wildman–Crippen LogP) is 3.34. The van der Waals surface area contributed by atoms with Crippen molar-refractivity contribution < 1.29 is 4.79 Å². The Labute approximate surface area is 160 Å². The molecule has 0 atom stereocenters. The minimum atomic E-state index is 0.00256. The molecule has 0 spiro atoms. The van der Waals surface area contributed by atoms with E-state index in [2.05, 4.69) is 26.3 Å². The average molecular weight is 365 g/mol. The first kappa shape index (κ1) is 17.8. The van der Waals surface area contributed by atoms with Crippen LogP contribution in [0.25, 0.3) is 0 Å². The van der Waals surface area contributed by atoms with Crippen LogP contribution >= 0.6 is 0 Å². The van der Waals surface area contributed by atoms with Crippen molar-refractivity contribution in [2.75, 3.05) is 18.0 Å². The van der Waals surface area contributed by atoms with E-state index < -0.39 is 0 Å². The summed E-state index contributed by atoms with van der Waals surface area (Å²) in [6, 6.07) is 8.32. The van der Waals surface area contributed by atoms with Gasteiger partial charge in [-0.3, -0.25) is 4.98 Å². The van der Waals surface area contributed by atoms with Gasteiger partial charge >= 0.3 is 6.03 Å². The van der Waals surface area contributed by atoms with Gasteiger partial charge in [-0.15, -0.1) is 0 Å². The second-order valence-corrected chi connectivity index (χ2v) is 7.41. The smallest absolute Gasteiger partial charge is 0.318 e. The van der Waals surface area contributed by atoms with E-state index in [1.54, 1.807) is 12.4 Å². The van der Waals surface area contributed by atoms with Crippen molar-refractivity contribution in [1.29, 1.82) is 0 Å². The van der Waals surface area contributed by atoms with Gasteiger partial charge in [0.25, 0.3) is 0 Å². The fourth-order valence-corrected chi connectivity index (χ4v) is 3.67. The van der Waals surface area contributed by atoms with Crippen LogP contribution in [0.15, 0.2) is 42.9 Å². The Hall–Kier alpha value is -2.63. The monoisotopic (exact) mass is 365 g/mol. The largest absolute Gasteiger partial charge is 0.356 e. The molecule has 0 bridgehead atoms. The molecule has 1 aliphatic heterocycles. The zero-order valence-corrected chi connectivity index (χ0v) is 15.7. The lowest BCUT2D eigenvalue weighted by molar-refractivity contribution is 0.191. The van der Waals surface area contributed by atoms with E-state index >= 15 is 0 Å². The summed E-state index contributed by atoms with van der Waals surface area (Å²) in [4.78, 5) is 25.8. The first-order valence-corrected chi connectivity index (χ1v) is 9.93. The lowest BCUT2D eigenvalue weighted by Gasteiger charge is -2.29. The molecule has 0 aromatic carbocycles. The average Bonchev–Trinajstić information content (AvgIpc) is 3.57. The summed E-state index contributed by atoms with van der Waals surface area (Å²) in [6.07, 6.45) is 11.3. The molecule has 1 saturated heterocycles. The lowest BCUT2D eigenvalue weighted by Crippen LogP contribution is -2.41. The van der Waals surface area contributed by atoms with Gasteiger partial charge < -0.3 is 15.1 Å². The Morgan fingerprint density at radius 3 is 2.63 bits per heavy atom. The van der Waals surface area contributed by atoms with Crippen LogP contribution in [0, 0.1) is 0 Å². The van der Waals surface area contributed by atoms with E-state index in [-0.39, 0.29) is 6.03 Å². The normalized spacial score (nSPS) is 16.8. The fourth-order valence-electron chi connectivity index (χ4n) is 3.67. The first-order valence-electron chi connectivity index (χ1n) is 9.93. The Kier molecular flexibility index (Phi) is 5.51. The molecule has 27 heavy (non-hydrogen) atoms. The van der Waals surface area contributed by atoms with Crippen molar-refractivity contribution in [3.63, 3.8) is 0 Å². The molecule has 1 N–H and O–H groups in total. The van der Waals surface area contributed by atoms with Crippen LogP contribution in [0.2, 0.25) is 0 Å². The van der Waals surface area contributed by atoms with Crippen LogP contribution in [0.4, 0.5) is 10.6 Å². The number of hydrogen-bond donors (Lipinski definition) is 1. The molecule has 0 radical (unpaired) electrons. The number of hydrogen-bond acceptors (Lipinski definition) is 4. The molecule has 6 heteroatoms. The van der Waals surface area contributed by atoms with E-state index in [1.807, 2.05) is 29.3 Å². The quantitative estimate of drug-likeness (QED) is 0.853. The summed E-state index contributed by atoms with van der Waals surface area (Å²) >= 11 is 0. The highest BCUT2D eigenvalue weighted by molar-refractivity contribution is 5.75. The van der Waals surface area contributed by atoms with Gasteiger partial charge in [-0.1, -0.05) is 6.07 Å². The summed E-state index contributed by atoms with van der Waals surface area (Å²) in [7, 11) is 0. The third kappa shape index (κ3) is 4.56. The summed E-state index contributed by atoms with van der Waals surface area (Å²) < 4.78 is 0. The maximum Gasteiger partial charge on any atom is 0.318 e. The minimum Gasteiger partial charge on any atom is -0.356 e. The Morgan fingerprint density at radius 2 is 1.89 bits per heavy atom. The van der Waals surface area contributed by atoms with E-state index in [0.717, 1.165) is 42.9 Å². The molecule has 142 valence electrons. The Morgan fingerprint density at radius 1 is 1.11 bits per heavy atom. The molecule has 0 unspecified atom stereocenters. The third-order valence-electron chi connectivity index (χ3n) is 5.30. The number of anilines is 1. The summed E-state index contributed by atoms with van der Waals surface area (Å²) in [6.45, 7) is 3.24. The molecule has 1 saturated carbocycles. The third-order valence-corrected chi connectivity index (χ3v) is 5.30. The predicted molar refractivity (Wildman–Crippen MR) is 105 cm³/mol. The van der Waals surface area contributed by atoms with Gasteiger partial charge in [0.2, 0.25) is 0 Å². The fraction of sp³-hybridized carbons (Fsp3) is 0.476. The number of urea groups is 1. The molecule has 2 aliphatic rings. The van der Waals surface area contributed by atoms with Gasteiger partial charge in [0, 0.05) is 56.4 Å². The Balaban J connectivity index is 1.41. The summed E-state index contributed by atoms with van der Waals surface area (Å²) in [5.41, 5.74) is 2.20. The van der Waals surface area contributed by atoms with Gasteiger partial charge in [-0.2, -0.15) is 0 Å². The number of rotatable bonds is 6. The van der Waals surface area contributed by atoms with Gasteiger partial charge in [-0.05, 0) is 55.9 Å². The maximum atomic E-state index is 12.9. The lowest BCUT2D eigenvalue weighted by atomic mass is 10.1. The number of pyridine rings is 2. The molecule has 2 amide bonds. The van der Waals surface area contributed by atoms with Crippen molar-refractivity contribution in [1.82, 2.24) is 20.2 Å². The molecule has 1 aliphatic carbocycles. The Bertz CT molecular complexity index is 756. The number of aromatic nitrogens is 2. The molecule has 2 fully saturated rings. The molecule has 2 aromatic heterocycles. The second kappa shape index (κ2) is 8.37. The maximum absolute atomic E-state index is 12.9. The van der Waals surface area contributed by atoms with Gasteiger partial charge in [0.1, 0.15) is 5.82 Å². The molecule has 3 heterocycles. The highest BCUT2D eigenvalue weighted by Crippen LogP contribution is 2.28. The molecular weight excluding hydrogens is 338 g/mol. The number of piperidine rings is 1. The zero-order chi connectivity index (χ0) is 18.5. The summed E-state index contributed by atoms with van der Waals surface area (Å²) in [5, 5.41) is 3.12. The van der Waals surface area contributed by atoms with Crippen molar-refractivity contribution in [2.45, 2.75) is 51.2 Å². The van der Waals surface area contributed by atoms with Crippen LogP contribution in [-0.4, -0.2) is 40.0 Å². The van der Waals surface area contributed by atoms with Crippen LogP contribution in [-0.2, 0) is 13.1 Å². The number of carbonyl (C=O) groups is 1. The van der Waals surface area contributed by atoms with E-state index in [9.17, 15) is 4.79 Å². The van der Waals surface area contributed by atoms with Crippen molar-refractivity contribution in [3.8, 4) is 0 Å². The molecule has 2 aromatic rings. The van der Waals surface area contributed by atoms with Crippen molar-refractivity contribution in [2.24, 2.45) is 0 Å². The first-order chi connectivity index (χ1) is 13.3. The van der Waals surface area contributed by atoms with Gasteiger partial charge in [0.15, 0.2) is 0 Å². The zero-order valence-electron chi connectivity index (χ0n) is 15.7. The van der Waals surface area contributed by atoms with Crippen molar-refractivity contribution >= 4 is 11.8 Å². The summed E-state index contributed by atoms with van der Waals surface area (Å²) in [5.74, 6) is 1.02. The van der Waals surface area contributed by atoms with Crippen LogP contribution in [0.1, 0.15) is 43.2 Å². The van der Waals surface area contributed by atoms with Crippen molar-refractivity contribution in [3.05, 3.63) is 54.0 Å². The van der Waals surface area contributed by atoms with E-state index in [0.29, 0.717) is 19.1 Å². The highest BCUT2D eigenvalue weighted by Gasteiger charge is 2.32. The second-order valence-electron chi connectivity index (χ2n) is 7.41. The minimum absolute atomic E-state index is 0.00256. The number of nitrogens with zero attached hydrogens (tertiary/aromatic N) is 4. The molecular formula is C21H27N5O. The van der Waals surface area contributed by atoms with Crippen LogP contribution in [0.3, 0.4) is 0 Å². The van der Waals surface area contributed by atoms with E-state index in [1.165, 1.54) is 19.3 Å². The standard InChI is InChI=1S/C21H27N5O/c27-21(26(19-6-7-19)16-17-8-11-22-12-9-17)24-15-18-5-4-10-23-20(18)25-13-2-1-3-14-25/h4-5,8-12,19H,1-3,6-7,13-16H2,(H,24,27). The van der Waals surface area contributed by atoms with E-state index in [4.69, 9.17) is 0 Å². The van der Waals surface area contributed by atoms with Crippen LogP contribution in [0.5, 0.6) is 0 Å². The molecule has 4 rings (SSSR count). The topological polar surface area (TPSA) is 61.4 Å². The van der Waals surface area contributed by atoms with Gasteiger partial charge in [-0.25, -0.2) is 9.78 Å². The SMILES string of the molecule is O=C(NCc1cccnc1N1CCCCC1)N(Cc1ccncc1)C1CC1. The highest BCUT2D eigenvalue weighted by atomic mass is 16.2. The number of carbonyl (C=O) groups excluding carboxylic acids is 1. The number of nitrogens with one attached hydrogen (secondary N) is 1. The van der Waals surface area contributed by atoms with Gasteiger partial charge in [0.05, 0.1) is 0 Å².